The van der Waals surface area contributed by atoms with Gasteiger partial charge in [-0.1, -0.05) is 306 Å². The largest absolute Gasteiger partial charge is 0.354 e. The fourth-order valence-electron chi connectivity index (χ4n) is 19.6. The van der Waals surface area contributed by atoms with Gasteiger partial charge in [0.25, 0.3) is 0 Å². The summed E-state index contributed by atoms with van der Waals surface area (Å²) in [6.07, 6.45) is 56.5. The lowest BCUT2D eigenvalue weighted by molar-refractivity contribution is -0.158. The van der Waals surface area contributed by atoms with Crippen LogP contribution in [0, 0.1) is 42.4 Å². The zero-order valence-electron chi connectivity index (χ0n) is 76.1. The Morgan fingerprint density at radius 2 is 0.908 bits per heavy atom. The number of hydrogen-bond donors (Lipinski definition) is 3. The van der Waals surface area contributed by atoms with Crippen LogP contribution in [0.15, 0.2) is 197 Å². The molecule has 11 rings (SSSR count). The van der Waals surface area contributed by atoms with Gasteiger partial charge in [0.15, 0.2) is 0 Å². The van der Waals surface area contributed by atoms with E-state index in [-0.39, 0.29) is 23.1 Å². The van der Waals surface area contributed by atoms with Crippen LogP contribution in [0.4, 0.5) is 11.4 Å². The summed E-state index contributed by atoms with van der Waals surface area (Å²) in [5, 5.41) is 3.23. The monoisotopic (exact) mass is 1590 g/mol. The van der Waals surface area contributed by atoms with Crippen LogP contribution in [-0.4, -0.2) is 37.7 Å². The maximum Gasteiger partial charge on any atom is 0.239 e. The summed E-state index contributed by atoms with van der Waals surface area (Å²) < 4.78 is 0. The molecule has 9 heteroatoms. The van der Waals surface area contributed by atoms with Crippen molar-refractivity contribution in [2.45, 2.75) is 298 Å². The lowest BCUT2D eigenvalue weighted by Crippen LogP contribution is -2.64. The van der Waals surface area contributed by atoms with E-state index in [2.05, 4.69) is 260 Å². The van der Waals surface area contributed by atoms with Crippen LogP contribution < -0.4 is 10.2 Å². The molecule has 1 saturated heterocycles. The molecule has 0 spiro atoms. The van der Waals surface area contributed by atoms with Crippen molar-refractivity contribution in [2.75, 3.05) is 10.2 Å². The maximum atomic E-state index is 15.5. The van der Waals surface area contributed by atoms with Gasteiger partial charge in [0, 0.05) is 44.1 Å². The Morgan fingerprint density at radius 1 is 0.487 bits per heavy atom. The van der Waals surface area contributed by atoms with Gasteiger partial charge < -0.3 is 15.3 Å². The van der Waals surface area contributed by atoms with Crippen LogP contribution in [0.1, 0.15) is 321 Å². The van der Waals surface area contributed by atoms with Crippen molar-refractivity contribution >= 4 is 79.5 Å². The number of nitrogens with zero attached hydrogens (tertiary/aromatic N) is 3. The van der Waals surface area contributed by atoms with E-state index in [9.17, 15) is 4.79 Å². The number of unbranched alkanes of at least 4 members (excludes halogenated alkanes) is 12. The summed E-state index contributed by atoms with van der Waals surface area (Å²) in [4.78, 5) is 67.6. The number of carbonyl (C=O) groups is 3. The third-order valence-corrected chi connectivity index (χ3v) is 26.3. The van der Waals surface area contributed by atoms with Crippen molar-refractivity contribution < 1.29 is 14.4 Å². The number of aromatic amines is 2. The molecular weight excluding hydrogens is 1450 g/mol. The Bertz CT molecular complexity index is 5250. The number of fused-ring (bicyclic) bond motifs is 10. The van der Waals surface area contributed by atoms with Crippen LogP contribution >= 0.6 is 0 Å². The smallest absolute Gasteiger partial charge is 0.239 e. The first-order chi connectivity index (χ1) is 57.0. The fourth-order valence-corrected chi connectivity index (χ4v) is 19.6. The molecule has 2 aliphatic carbocycles. The van der Waals surface area contributed by atoms with E-state index in [1.54, 1.807) is 0 Å². The Hall–Kier alpha value is -9.73. The lowest BCUT2D eigenvalue weighted by Gasteiger charge is -2.55. The Balaban J connectivity index is 0.878. The minimum atomic E-state index is -1.01. The summed E-state index contributed by atoms with van der Waals surface area (Å²) in [5.41, 5.74) is 31.0. The first-order valence-corrected chi connectivity index (χ1v) is 45.5. The highest BCUT2D eigenvalue weighted by Crippen LogP contribution is 2.60. The molecule has 6 aromatic rings. The number of imide groups is 1. The number of nitrogens with one attached hydrogen (secondary N) is 3. The molecule has 0 radical (unpaired) electrons. The normalized spacial score (nSPS) is 19.7. The first-order valence-electron chi connectivity index (χ1n) is 45.5. The van der Waals surface area contributed by atoms with Gasteiger partial charge in [0.1, 0.15) is 0 Å². The molecule has 3 N–H and O–H groups in total. The van der Waals surface area contributed by atoms with Gasteiger partial charge in [-0.2, -0.15) is 0 Å². The number of allylic oxidation sites excluding steroid dienone is 23. The molecule has 9 nitrogen and oxygen atoms in total. The van der Waals surface area contributed by atoms with Gasteiger partial charge in [-0.05, 0) is 268 Å². The third kappa shape index (κ3) is 21.5. The van der Waals surface area contributed by atoms with Gasteiger partial charge in [-0.3, -0.25) is 14.4 Å². The van der Waals surface area contributed by atoms with E-state index in [0.29, 0.717) is 30.6 Å². The molecule has 119 heavy (non-hydrogen) atoms. The summed E-state index contributed by atoms with van der Waals surface area (Å²) in [5.74, 6) is -0.737. The Labute approximate surface area is 715 Å². The van der Waals surface area contributed by atoms with Gasteiger partial charge >= 0.3 is 0 Å². The summed E-state index contributed by atoms with van der Waals surface area (Å²) in [6.45, 7) is 42.0. The summed E-state index contributed by atoms with van der Waals surface area (Å²) in [6, 6.07) is 29.9. The number of anilines is 2. The molecule has 3 amide bonds. The van der Waals surface area contributed by atoms with Crippen molar-refractivity contribution in [2.24, 2.45) is 21.7 Å². The number of hydrogen-bond acceptors (Lipinski definition) is 5. The van der Waals surface area contributed by atoms with Gasteiger partial charge in [-0.25, -0.2) is 14.9 Å². The van der Waals surface area contributed by atoms with Crippen LogP contribution in [0.3, 0.4) is 0 Å². The standard InChI is InChI=1S/C110H140N6O3/c1-20-24-28-32-48-89-80(11)100-98(85-59-53-78(9)54-60-85)101-81(12)90(49-33-29-25-21-2)95(113-101)70-97-92(51-35-31-27-23-4)83(14)103(115-97)99(102-82(13)91(50-34-30-26-22-3)96(114-102)69-94(89)112-100)86-61-65-88(66-62-86)116-105(118)109(18)71-108(17,72-110(19,73-109)106(116)119)104(117)111-87-63-57-84(58-64-87)56-52-76(7)45-38-43-74(5)41-36-37-42-75(6)44-39-46-77(8)55-67-93-79(10)47-40-68-107(93,15)16/h36-39,41-46,52-67,69-70,112,115H,20-35,40,47-51,68,71-73H2,1-19H3,(H,111,117)/b37-36+,43-38+,44-39+,56-52+,67-55+,74-41+,75-42+,76-45+,77-46+,94-69?,95-70?,96-69?,97-70?,100-98?,101-98?,102-99?,103-99?/t108?,109-,110+. The minimum absolute atomic E-state index is 0.193. The molecule has 10 bridgehead atoms. The minimum Gasteiger partial charge on any atom is -0.354 e. The topological polar surface area (TPSA) is 124 Å². The summed E-state index contributed by atoms with van der Waals surface area (Å²) in [7, 11) is 0. The van der Waals surface area contributed by atoms with Crippen LogP contribution in [0.25, 0.3) is 72.7 Å². The maximum absolute atomic E-state index is 15.5. The van der Waals surface area contributed by atoms with E-state index >= 15 is 9.59 Å². The predicted octanol–water partition coefficient (Wildman–Crippen LogP) is 30.9. The molecule has 1 unspecified atom stereocenters. The van der Waals surface area contributed by atoms with Crippen LogP contribution in [0.2, 0.25) is 0 Å². The Kier molecular flexibility index (Phi) is 30.7. The van der Waals surface area contributed by atoms with E-state index in [1.165, 1.54) is 142 Å². The second kappa shape index (κ2) is 40.6. The third-order valence-electron chi connectivity index (χ3n) is 26.3. The van der Waals surface area contributed by atoms with Crippen molar-refractivity contribution in [1.82, 2.24) is 19.9 Å². The SMILES string of the molecule is CCCCCCC1=C(C)c2nc1cc1[nH]c(c(C)c1CCCCCC)c(-c1ccc(C)cc1)c1nc(cc3[nH]c(c(C)c3CCCCCC)c2-c2ccc(N3C(=O)[C@@]4(C)CC(C)(C(=O)Nc5ccc(/C=C/C(C)=C/C=C/C(C)=C/C=C/C=C(C)/C=C/C=C(C)/C=C/C6=C(C)CCCC6(C)C)cc5)C[C@](C)(C4)C3=O)cc2)C(CCCCCC)=C1C. The summed E-state index contributed by atoms with van der Waals surface area (Å²) >= 11 is 0. The number of rotatable bonds is 35. The molecule has 3 atom stereocenters. The number of aryl methyl sites for hydroxylation is 5. The molecule has 3 aliphatic heterocycles. The molecular formula is C110H140N6O3. The molecule has 1 saturated carbocycles. The van der Waals surface area contributed by atoms with Crippen molar-refractivity contribution in [3.05, 3.63) is 254 Å². The number of piperidine rings is 1. The highest BCUT2D eigenvalue weighted by atomic mass is 16.2. The first kappa shape index (κ1) is 90.0. The molecule has 628 valence electrons. The van der Waals surface area contributed by atoms with E-state index in [4.69, 9.17) is 9.97 Å². The number of aromatic nitrogens is 4. The van der Waals surface area contributed by atoms with Gasteiger partial charge in [0.2, 0.25) is 17.7 Å². The number of amides is 3. The van der Waals surface area contributed by atoms with Crippen LogP contribution in [0.5, 0.6) is 0 Å². The molecule has 5 aliphatic rings. The average Bonchev–Trinajstić information content (AvgIpc) is 1.32. The molecule has 3 aromatic carbocycles. The lowest BCUT2D eigenvalue weighted by atomic mass is 9.51. The molecule has 6 heterocycles. The Morgan fingerprint density at radius 3 is 1.35 bits per heavy atom. The van der Waals surface area contributed by atoms with E-state index in [0.717, 1.165) is 167 Å². The number of benzene rings is 3. The average molecular weight is 1590 g/mol. The quantitative estimate of drug-likeness (QED) is 0.0208. The van der Waals surface area contributed by atoms with Crippen molar-refractivity contribution in [3.8, 4) is 22.3 Å². The highest BCUT2D eigenvalue weighted by molar-refractivity contribution is 6.21. The second-order valence-electron chi connectivity index (χ2n) is 37.2. The van der Waals surface area contributed by atoms with Crippen molar-refractivity contribution in [3.63, 3.8) is 0 Å². The zero-order chi connectivity index (χ0) is 85.3. The molecule has 3 aromatic heterocycles. The van der Waals surface area contributed by atoms with E-state index in [1.807, 2.05) is 57.2 Å². The van der Waals surface area contributed by atoms with Gasteiger partial charge in [-0.15, -0.1) is 0 Å². The second-order valence-corrected chi connectivity index (χ2v) is 37.2. The predicted molar refractivity (Wildman–Crippen MR) is 511 cm³/mol. The zero-order valence-corrected chi connectivity index (χ0v) is 76.1. The van der Waals surface area contributed by atoms with Crippen LogP contribution in [-0.2, 0) is 27.2 Å². The van der Waals surface area contributed by atoms with Gasteiger partial charge in [0.05, 0.1) is 39.5 Å². The molecule has 2 fully saturated rings. The highest BCUT2D eigenvalue weighted by Gasteiger charge is 2.63. The fraction of sp³-hybridized carbons (Fsp3) is 0.445. The van der Waals surface area contributed by atoms with Crippen molar-refractivity contribution in [1.29, 1.82) is 0 Å². The number of H-pyrrole nitrogens is 2. The number of carbonyl (C=O) groups excluding carboxylic acids is 3. The van der Waals surface area contributed by atoms with E-state index < -0.39 is 16.2 Å².